The van der Waals surface area contributed by atoms with Gasteiger partial charge in [0.1, 0.15) is 0 Å². The number of carbonyl (C=O) groups excluding carboxylic acids is 1. The van der Waals surface area contributed by atoms with E-state index in [1.54, 1.807) is 0 Å². The molecule has 0 aliphatic carbocycles. The molecular formula is C20H29Cl2N3O. The Morgan fingerprint density at radius 3 is 2.15 bits per heavy atom. The van der Waals surface area contributed by atoms with Crippen LogP contribution in [0.25, 0.3) is 0 Å². The van der Waals surface area contributed by atoms with Crippen LogP contribution >= 0.6 is 24.8 Å². The minimum absolute atomic E-state index is 0. The lowest BCUT2D eigenvalue weighted by molar-refractivity contribution is -0.125. The topological polar surface area (TPSA) is 58.4 Å². The molecule has 0 aliphatic rings. The summed E-state index contributed by atoms with van der Waals surface area (Å²) in [7, 11) is 2.05. The smallest absolute Gasteiger partial charge is 0.224 e. The standard InChI is InChI=1S/C20H27N3O.2ClH/c1-16(19(21)18-11-7-4-8-12-18)20(24)22-13-14-23(2)15-17-9-5-3-6-10-17;;/h3-12,16,19H,13-15,21H2,1-2H3,(H,22,24);2*1H. The van der Waals surface area contributed by atoms with Gasteiger partial charge in [-0.05, 0) is 18.2 Å². The fourth-order valence-corrected chi connectivity index (χ4v) is 2.63. The van der Waals surface area contributed by atoms with Gasteiger partial charge in [-0.1, -0.05) is 67.6 Å². The normalized spacial score (nSPS) is 12.5. The second-order valence-electron chi connectivity index (χ2n) is 6.24. The van der Waals surface area contributed by atoms with E-state index in [4.69, 9.17) is 5.73 Å². The lowest BCUT2D eigenvalue weighted by Crippen LogP contribution is -2.39. The van der Waals surface area contributed by atoms with E-state index in [9.17, 15) is 4.79 Å². The van der Waals surface area contributed by atoms with Crippen LogP contribution in [0, 0.1) is 5.92 Å². The van der Waals surface area contributed by atoms with Crippen molar-refractivity contribution in [2.24, 2.45) is 11.7 Å². The molecule has 0 bridgehead atoms. The summed E-state index contributed by atoms with van der Waals surface area (Å²) in [5.74, 6) is -0.258. The quantitative estimate of drug-likeness (QED) is 0.717. The van der Waals surface area contributed by atoms with Crippen LogP contribution in [-0.4, -0.2) is 30.9 Å². The van der Waals surface area contributed by atoms with Gasteiger partial charge in [0.25, 0.3) is 0 Å². The molecule has 2 unspecified atom stereocenters. The van der Waals surface area contributed by atoms with E-state index in [1.165, 1.54) is 5.56 Å². The number of rotatable bonds is 8. The Kier molecular flexibility index (Phi) is 11.9. The summed E-state index contributed by atoms with van der Waals surface area (Å²) in [4.78, 5) is 14.5. The maximum atomic E-state index is 12.3. The third-order valence-corrected chi connectivity index (χ3v) is 4.22. The number of nitrogens with two attached hydrogens (primary N) is 1. The lowest BCUT2D eigenvalue weighted by Gasteiger charge is -2.21. The van der Waals surface area contributed by atoms with Crippen molar-refractivity contribution in [3.8, 4) is 0 Å². The molecule has 0 aromatic heterocycles. The molecule has 26 heavy (non-hydrogen) atoms. The summed E-state index contributed by atoms with van der Waals surface area (Å²) in [5.41, 5.74) is 8.46. The van der Waals surface area contributed by atoms with E-state index in [0.717, 1.165) is 18.7 Å². The van der Waals surface area contributed by atoms with Gasteiger partial charge < -0.3 is 16.0 Å². The molecule has 0 spiro atoms. The molecule has 2 aromatic rings. The maximum absolute atomic E-state index is 12.3. The highest BCUT2D eigenvalue weighted by Gasteiger charge is 2.21. The van der Waals surface area contributed by atoms with Crippen LogP contribution in [0.15, 0.2) is 60.7 Å². The molecule has 0 radical (unpaired) electrons. The highest BCUT2D eigenvalue weighted by molar-refractivity contribution is 5.85. The van der Waals surface area contributed by atoms with Gasteiger partial charge >= 0.3 is 0 Å². The summed E-state index contributed by atoms with van der Waals surface area (Å²) in [6.45, 7) is 4.17. The summed E-state index contributed by atoms with van der Waals surface area (Å²) < 4.78 is 0. The molecule has 0 aliphatic heterocycles. The minimum atomic E-state index is -0.284. The number of amides is 1. The first-order valence-corrected chi connectivity index (χ1v) is 8.38. The molecule has 0 heterocycles. The van der Waals surface area contributed by atoms with Gasteiger partial charge in [-0.15, -0.1) is 24.8 Å². The molecule has 0 fully saturated rings. The van der Waals surface area contributed by atoms with Gasteiger partial charge in [-0.3, -0.25) is 4.79 Å². The predicted molar refractivity (Wildman–Crippen MR) is 113 cm³/mol. The predicted octanol–water partition coefficient (Wildman–Crippen LogP) is 3.41. The van der Waals surface area contributed by atoms with Crippen molar-refractivity contribution < 1.29 is 4.79 Å². The molecule has 2 rings (SSSR count). The summed E-state index contributed by atoms with van der Waals surface area (Å²) in [6.07, 6.45) is 0. The number of nitrogens with zero attached hydrogens (tertiary/aromatic N) is 1. The van der Waals surface area contributed by atoms with Crippen LogP contribution in [-0.2, 0) is 11.3 Å². The maximum Gasteiger partial charge on any atom is 0.224 e. The molecular weight excluding hydrogens is 369 g/mol. The Balaban J connectivity index is 0.00000312. The van der Waals surface area contributed by atoms with Gasteiger partial charge in [0, 0.05) is 25.7 Å². The Labute approximate surface area is 169 Å². The van der Waals surface area contributed by atoms with E-state index in [2.05, 4.69) is 29.4 Å². The monoisotopic (exact) mass is 397 g/mol. The van der Waals surface area contributed by atoms with Crippen LogP contribution in [0.1, 0.15) is 24.1 Å². The number of nitrogens with one attached hydrogen (secondary N) is 1. The van der Waals surface area contributed by atoms with Crippen LogP contribution < -0.4 is 11.1 Å². The Morgan fingerprint density at radius 1 is 1.04 bits per heavy atom. The first-order valence-electron chi connectivity index (χ1n) is 8.38. The molecule has 1 amide bonds. The van der Waals surface area contributed by atoms with Gasteiger partial charge in [0.15, 0.2) is 0 Å². The average Bonchev–Trinajstić information content (AvgIpc) is 2.62. The number of likely N-dealkylation sites (N-methyl/N-ethyl adjacent to an activating group) is 1. The van der Waals surface area contributed by atoms with Crippen molar-refractivity contribution in [1.82, 2.24) is 10.2 Å². The Hall–Kier alpha value is -1.59. The molecule has 2 aromatic carbocycles. The Bertz CT molecular complexity index is 625. The average molecular weight is 398 g/mol. The summed E-state index contributed by atoms with van der Waals surface area (Å²) >= 11 is 0. The number of halogens is 2. The first-order chi connectivity index (χ1) is 11.6. The molecule has 144 valence electrons. The summed E-state index contributed by atoms with van der Waals surface area (Å²) in [6, 6.07) is 19.8. The third-order valence-electron chi connectivity index (χ3n) is 4.22. The van der Waals surface area contributed by atoms with E-state index < -0.39 is 0 Å². The van der Waals surface area contributed by atoms with Crippen LogP contribution in [0.3, 0.4) is 0 Å². The van der Waals surface area contributed by atoms with Gasteiger partial charge in [-0.2, -0.15) is 0 Å². The van der Waals surface area contributed by atoms with Gasteiger partial charge in [0.05, 0.1) is 5.92 Å². The van der Waals surface area contributed by atoms with Crippen molar-refractivity contribution in [2.75, 3.05) is 20.1 Å². The number of carbonyl (C=O) groups is 1. The fourth-order valence-electron chi connectivity index (χ4n) is 2.63. The molecule has 6 heteroatoms. The lowest BCUT2D eigenvalue weighted by atomic mass is 9.95. The molecule has 0 saturated heterocycles. The second kappa shape index (κ2) is 12.7. The molecule has 0 saturated carbocycles. The van der Waals surface area contributed by atoms with Crippen LogP contribution in [0.4, 0.5) is 0 Å². The zero-order valence-electron chi connectivity index (χ0n) is 15.3. The second-order valence-corrected chi connectivity index (χ2v) is 6.24. The van der Waals surface area contributed by atoms with Crippen LogP contribution in [0.5, 0.6) is 0 Å². The largest absolute Gasteiger partial charge is 0.355 e. The van der Waals surface area contributed by atoms with E-state index >= 15 is 0 Å². The minimum Gasteiger partial charge on any atom is -0.355 e. The summed E-state index contributed by atoms with van der Waals surface area (Å²) in [5, 5.41) is 2.99. The number of hydrogen-bond donors (Lipinski definition) is 2. The van der Waals surface area contributed by atoms with Crippen molar-refractivity contribution >= 4 is 30.7 Å². The fraction of sp³-hybridized carbons (Fsp3) is 0.350. The van der Waals surface area contributed by atoms with Crippen molar-refractivity contribution in [3.63, 3.8) is 0 Å². The van der Waals surface area contributed by atoms with Gasteiger partial charge in [0.2, 0.25) is 5.91 Å². The van der Waals surface area contributed by atoms with E-state index in [0.29, 0.717) is 6.54 Å². The highest BCUT2D eigenvalue weighted by Crippen LogP contribution is 2.18. The van der Waals surface area contributed by atoms with E-state index in [-0.39, 0.29) is 42.7 Å². The third kappa shape index (κ3) is 7.75. The molecule has 3 N–H and O–H groups in total. The first kappa shape index (κ1) is 24.4. The number of hydrogen-bond acceptors (Lipinski definition) is 3. The zero-order chi connectivity index (χ0) is 17.4. The van der Waals surface area contributed by atoms with Crippen molar-refractivity contribution in [3.05, 3.63) is 71.8 Å². The van der Waals surface area contributed by atoms with Crippen molar-refractivity contribution in [2.45, 2.75) is 19.5 Å². The number of benzene rings is 2. The molecule has 4 nitrogen and oxygen atoms in total. The molecule has 2 atom stereocenters. The van der Waals surface area contributed by atoms with Crippen molar-refractivity contribution in [1.29, 1.82) is 0 Å². The SMILES string of the molecule is CC(C(=O)NCCN(C)Cc1ccccc1)C(N)c1ccccc1.Cl.Cl. The van der Waals surface area contributed by atoms with Gasteiger partial charge in [-0.25, -0.2) is 0 Å². The zero-order valence-corrected chi connectivity index (χ0v) is 16.9. The van der Waals surface area contributed by atoms with Crippen LogP contribution in [0.2, 0.25) is 0 Å². The van der Waals surface area contributed by atoms with E-state index in [1.807, 2.05) is 55.5 Å². The Morgan fingerprint density at radius 2 is 1.58 bits per heavy atom. The highest BCUT2D eigenvalue weighted by atomic mass is 35.5.